The molecule has 2 heterocycles. The quantitative estimate of drug-likeness (QED) is 0.758. The van der Waals surface area contributed by atoms with Crippen LogP contribution in [0.25, 0.3) is 0 Å². The van der Waals surface area contributed by atoms with Gasteiger partial charge in [-0.2, -0.15) is 0 Å². The Kier molecular flexibility index (Phi) is 5.00. The van der Waals surface area contributed by atoms with Gasteiger partial charge in [0.25, 0.3) is 0 Å². The summed E-state index contributed by atoms with van der Waals surface area (Å²) in [4.78, 5) is 2.28. The fraction of sp³-hybridized carbons (Fsp3) is 1.00. The van der Waals surface area contributed by atoms with Gasteiger partial charge in [-0.1, -0.05) is 0 Å². The molecule has 0 bridgehead atoms. The molecule has 0 saturated carbocycles. The minimum Gasteiger partial charge on any atom is -0.315 e. The van der Waals surface area contributed by atoms with E-state index < -0.39 is 10.0 Å². The van der Waals surface area contributed by atoms with Crippen molar-refractivity contribution < 1.29 is 8.42 Å². The highest BCUT2D eigenvalue weighted by Gasteiger charge is 2.28. The number of likely N-dealkylation sites (tertiary alicyclic amines) is 1. The smallest absolute Gasteiger partial charge is 0.215 e. The van der Waals surface area contributed by atoms with Crippen LogP contribution in [0.1, 0.15) is 25.7 Å². The summed E-state index contributed by atoms with van der Waals surface area (Å²) in [6.45, 7) is 4.28. The van der Waals surface area contributed by atoms with Crippen LogP contribution in [0.5, 0.6) is 0 Å². The van der Waals surface area contributed by atoms with E-state index in [0.717, 1.165) is 38.9 Å². The van der Waals surface area contributed by atoms with E-state index in [-0.39, 0.29) is 5.25 Å². The molecule has 0 aromatic rings. The molecule has 2 saturated heterocycles. The van der Waals surface area contributed by atoms with Crippen LogP contribution in [0.2, 0.25) is 0 Å². The first-order chi connectivity index (χ1) is 8.58. The van der Waals surface area contributed by atoms with Crippen LogP contribution in [-0.2, 0) is 10.0 Å². The zero-order valence-corrected chi connectivity index (χ0v) is 12.0. The Bertz CT molecular complexity index is 352. The Hall–Kier alpha value is -0.170. The molecule has 106 valence electrons. The molecule has 0 radical (unpaired) electrons. The molecule has 2 aliphatic rings. The Balaban J connectivity index is 1.80. The fourth-order valence-corrected chi connectivity index (χ4v) is 4.39. The lowest BCUT2D eigenvalue weighted by atomic mass is 9.99. The summed E-state index contributed by atoms with van der Waals surface area (Å²) in [6, 6.07) is 0. The zero-order chi connectivity index (χ0) is 13.0. The normalized spacial score (nSPS) is 31.4. The van der Waals surface area contributed by atoms with Crippen molar-refractivity contribution in [1.29, 1.82) is 0 Å². The van der Waals surface area contributed by atoms with Crippen molar-refractivity contribution in [2.45, 2.75) is 30.9 Å². The van der Waals surface area contributed by atoms with Crippen LogP contribution >= 0.6 is 0 Å². The van der Waals surface area contributed by atoms with Gasteiger partial charge in [-0.15, -0.1) is 0 Å². The third kappa shape index (κ3) is 3.91. The minimum atomic E-state index is -3.13. The van der Waals surface area contributed by atoms with Gasteiger partial charge in [0.2, 0.25) is 10.0 Å². The number of hydrogen-bond acceptors (Lipinski definition) is 4. The maximum absolute atomic E-state index is 12.1. The molecule has 2 fully saturated rings. The van der Waals surface area contributed by atoms with Gasteiger partial charge in [-0.3, -0.25) is 0 Å². The molecule has 2 atom stereocenters. The molecule has 2 unspecified atom stereocenters. The van der Waals surface area contributed by atoms with E-state index >= 15 is 0 Å². The minimum absolute atomic E-state index is 0.243. The second-order valence-corrected chi connectivity index (χ2v) is 7.68. The first-order valence-electron chi connectivity index (χ1n) is 6.95. The van der Waals surface area contributed by atoms with Crippen molar-refractivity contribution in [1.82, 2.24) is 14.9 Å². The summed E-state index contributed by atoms with van der Waals surface area (Å²) in [6.07, 6.45) is 4.05. The van der Waals surface area contributed by atoms with Crippen LogP contribution in [0, 0.1) is 5.92 Å². The SMILES string of the molecule is CN1CCCC(CNS(=O)(=O)C2CCCNC2)C1. The monoisotopic (exact) mass is 275 g/mol. The van der Waals surface area contributed by atoms with Gasteiger partial charge in [-0.05, 0) is 51.7 Å². The topological polar surface area (TPSA) is 61.4 Å². The van der Waals surface area contributed by atoms with Gasteiger partial charge < -0.3 is 10.2 Å². The largest absolute Gasteiger partial charge is 0.315 e. The van der Waals surface area contributed by atoms with Gasteiger partial charge in [0.05, 0.1) is 5.25 Å². The van der Waals surface area contributed by atoms with Gasteiger partial charge in [-0.25, -0.2) is 13.1 Å². The summed E-state index contributed by atoms with van der Waals surface area (Å²) in [5.41, 5.74) is 0. The number of sulfonamides is 1. The second-order valence-electron chi connectivity index (χ2n) is 5.63. The van der Waals surface area contributed by atoms with E-state index in [0.29, 0.717) is 19.0 Å². The van der Waals surface area contributed by atoms with Crippen molar-refractivity contribution >= 4 is 10.0 Å². The molecule has 0 aliphatic carbocycles. The van der Waals surface area contributed by atoms with Crippen LogP contribution in [0.3, 0.4) is 0 Å². The lowest BCUT2D eigenvalue weighted by Crippen LogP contribution is -2.46. The second kappa shape index (κ2) is 6.32. The number of piperidine rings is 2. The zero-order valence-electron chi connectivity index (χ0n) is 11.2. The van der Waals surface area contributed by atoms with Gasteiger partial charge >= 0.3 is 0 Å². The first-order valence-corrected chi connectivity index (χ1v) is 8.50. The molecular weight excluding hydrogens is 250 g/mol. The molecule has 0 spiro atoms. The molecule has 2 aliphatic heterocycles. The predicted molar refractivity (Wildman–Crippen MR) is 73.0 cm³/mol. The van der Waals surface area contributed by atoms with Crippen molar-refractivity contribution in [3.63, 3.8) is 0 Å². The molecule has 6 heteroatoms. The average Bonchev–Trinajstić information content (AvgIpc) is 2.38. The molecular formula is C12H25N3O2S. The maximum Gasteiger partial charge on any atom is 0.215 e. The van der Waals surface area contributed by atoms with Crippen LogP contribution in [-0.4, -0.2) is 58.3 Å². The Morgan fingerprint density at radius 3 is 2.83 bits per heavy atom. The third-order valence-electron chi connectivity index (χ3n) is 3.99. The molecule has 0 aromatic carbocycles. The van der Waals surface area contributed by atoms with Crippen LogP contribution < -0.4 is 10.0 Å². The van der Waals surface area contributed by atoms with Gasteiger partial charge in [0, 0.05) is 19.6 Å². The number of hydrogen-bond donors (Lipinski definition) is 2. The highest BCUT2D eigenvalue weighted by Crippen LogP contribution is 2.16. The Labute approximate surface area is 110 Å². The maximum atomic E-state index is 12.1. The molecule has 2 N–H and O–H groups in total. The lowest BCUT2D eigenvalue weighted by molar-refractivity contribution is 0.211. The molecule has 5 nitrogen and oxygen atoms in total. The third-order valence-corrected chi connectivity index (χ3v) is 5.83. The highest BCUT2D eigenvalue weighted by molar-refractivity contribution is 7.90. The van der Waals surface area contributed by atoms with Gasteiger partial charge in [0.1, 0.15) is 0 Å². The van der Waals surface area contributed by atoms with Crippen LogP contribution in [0.4, 0.5) is 0 Å². The molecule has 0 aromatic heterocycles. The molecule has 2 rings (SSSR count). The highest BCUT2D eigenvalue weighted by atomic mass is 32.2. The first kappa shape index (κ1) is 14.2. The Morgan fingerprint density at radius 2 is 2.17 bits per heavy atom. The Morgan fingerprint density at radius 1 is 1.33 bits per heavy atom. The fourth-order valence-electron chi connectivity index (χ4n) is 2.88. The van der Waals surface area contributed by atoms with E-state index in [4.69, 9.17) is 0 Å². The summed E-state index contributed by atoms with van der Waals surface area (Å²) in [7, 11) is -1.03. The van der Waals surface area contributed by atoms with Gasteiger partial charge in [0.15, 0.2) is 0 Å². The lowest BCUT2D eigenvalue weighted by Gasteiger charge is -2.30. The van der Waals surface area contributed by atoms with Crippen molar-refractivity contribution in [3.05, 3.63) is 0 Å². The van der Waals surface area contributed by atoms with E-state index in [1.54, 1.807) is 0 Å². The molecule has 0 amide bonds. The summed E-state index contributed by atoms with van der Waals surface area (Å²) >= 11 is 0. The summed E-state index contributed by atoms with van der Waals surface area (Å²) in [5.74, 6) is 0.468. The average molecular weight is 275 g/mol. The summed E-state index contributed by atoms with van der Waals surface area (Å²) < 4.78 is 27.1. The van der Waals surface area contributed by atoms with Crippen LogP contribution in [0.15, 0.2) is 0 Å². The molecule has 18 heavy (non-hydrogen) atoms. The van der Waals surface area contributed by atoms with Crippen molar-refractivity contribution in [3.8, 4) is 0 Å². The van der Waals surface area contributed by atoms with E-state index in [9.17, 15) is 8.42 Å². The summed E-state index contributed by atoms with van der Waals surface area (Å²) in [5, 5.41) is 2.92. The number of nitrogens with zero attached hydrogens (tertiary/aromatic N) is 1. The predicted octanol–water partition coefficient (Wildman–Crippen LogP) is -0.000400. The van der Waals surface area contributed by atoms with Crippen molar-refractivity contribution in [2.24, 2.45) is 5.92 Å². The number of nitrogens with one attached hydrogen (secondary N) is 2. The van der Waals surface area contributed by atoms with Crippen molar-refractivity contribution in [2.75, 3.05) is 39.8 Å². The van der Waals surface area contributed by atoms with E-state index in [2.05, 4.69) is 22.0 Å². The van der Waals surface area contributed by atoms with E-state index in [1.165, 1.54) is 6.42 Å². The standard InChI is InChI=1S/C12H25N3O2S/c1-15-7-3-4-11(10-15)8-14-18(16,17)12-5-2-6-13-9-12/h11-14H,2-10H2,1H3. The number of rotatable bonds is 4. The van der Waals surface area contributed by atoms with E-state index in [1.807, 2.05) is 0 Å².